The molecular weight excluding hydrogens is 231 g/mol. The summed E-state index contributed by atoms with van der Waals surface area (Å²) in [6.45, 7) is 1.97. The molecule has 1 heterocycles. The maximum absolute atomic E-state index is 13.2. The molecular formula is C14H11FN2O. The van der Waals surface area contributed by atoms with Gasteiger partial charge in [-0.2, -0.15) is 0 Å². The molecule has 0 aliphatic heterocycles. The lowest BCUT2D eigenvalue weighted by molar-refractivity contribution is 0.611. The Morgan fingerprint density at radius 3 is 2.83 bits per heavy atom. The minimum atomic E-state index is -0.363. The summed E-state index contributed by atoms with van der Waals surface area (Å²) >= 11 is 0. The number of benzene rings is 2. The van der Waals surface area contributed by atoms with E-state index in [-0.39, 0.29) is 5.82 Å². The standard InChI is InChI=1S/C14H11FN2O/c1-8-2-5-12-13(6-8)18-14(17-12)10-7-9(15)3-4-11(10)16/h2-7H,16H2,1H3. The van der Waals surface area contributed by atoms with Crippen LogP contribution in [0.3, 0.4) is 0 Å². The lowest BCUT2D eigenvalue weighted by atomic mass is 10.2. The van der Waals surface area contributed by atoms with Crippen LogP contribution in [0.15, 0.2) is 40.8 Å². The molecule has 0 atom stereocenters. The van der Waals surface area contributed by atoms with E-state index >= 15 is 0 Å². The van der Waals surface area contributed by atoms with Crippen LogP contribution in [0.4, 0.5) is 10.1 Å². The topological polar surface area (TPSA) is 52.0 Å². The molecule has 0 unspecified atom stereocenters. The number of hydrogen-bond donors (Lipinski definition) is 1. The van der Waals surface area contributed by atoms with E-state index in [1.165, 1.54) is 18.2 Å². The number of nitrogens with two attached hydrogens (primary N) is 1. The Morgan fingerprint density at radius 1 is 1.17 bits per heavy atom. The summed E-state index contributed by atoms with van der Waals surface area (Å²) in [4.78, 5) is 4.31. The second kappa shape index (κ2) is 3.84. The molecule has 2 aromatic carbocycles. The van der Waals surface area contributed by atoms with E-state index < -0.39 is 0 Å². The molecule has 3 rings (SSSR count). The average Bonchev–Trinajstić information content (AvgIpc) is 2.74. The summed E-state index contributed by atoms with van der Waals surface area (Å²) in [7, 11) is 0. The van der Waals surface area contributed by atoms with Gasteiger partial charge in [-0.1, -0.05) is 6.07 Å². The van der Waals surface area contributed by atoms with Crippen molar-refractivity contribution in [3.63, 3.8) is 0 Å². The number of fused-ring (bicyclic) bond motifs is 1. The third-order valence-electron chi connectivity index (χ3n) is 2.79. The first-order chi connectivity index (χ1) is 8.63. The van der Waals surface area contributed by atoms with Crippen LogP contribution < -0.4 is 5.73 Å². The molecule has 0 saturated carbocycles. The highest BCUT2D eigenvalue weighted by molar-refractivity contribution is 5.79. The van der Waals surface area contributed by atoms with Crippen LogP contribution >= 0.6 is 0 Å². The fourth-order valence-electron chi connectivity index (χ4n) is 1.86. The number of aromatic nitrogens is 1. The highest BCUT2D eigenvalue weighted by Crippen LogP contribution is 2.29. The predicted octanol–water partition coefficient (Wildman–Crippen LogP) is 3.52. The van der Waals surface area contributed by atoms with Crippen LogP contribution in [0.1, 0.15) is 5.56 Å². The molecule has 18 heavy (non-hydrogen) atoms. The normalized spacial score (nSPS) is 11.0. The molecule has 0 aliphatic carbocycles. The summed E-state index contributed by atoms with van der Waals surface area (Å²) in [6, 6.07) is 9.85. The van der Waals surface area contributed by atoms with Crippen molar-refractivity contribution in [2.24, 2.45) is 0 Å². The number of oxazole rings is 1. The summed E-state index contributed by atoms with van der Waals surface area (Å²) in [5.41, 5.74) is 9.22. The fourth-order valence-corrected chi connectivity index (χ4v) is 1.86. The summed E-state index contributed by atoms with van der Waals surface area (Å²) in [5.74, 6) is -0.0229. The van der Waals surface area contributed by atoms with Gasteiger partial charge in [-0.15, -0.1) is 0 Å². The number of nitrogen functional groups attached to an aromatic ring is 1. The fraction of sp³-hybridized carbons (Fsp3) is 0.0714. The van der Waals surface area contributed by atoms with Gasteiger partial charge in [0.05, 0.1) is 5.56 Å². The Kier molecular flexibility index (Phi) is 2.30. The molecule has 0 amide bonds. The molecule has 3 nitrogen and oxygen atoms in total. The quantitative estimate of drug-likeness (QED) is 0.664. The average molecular weight is 242 g/mol. The number of anilines is 1. The van der Waals surface area contributed by atoms with Crippen LogP contribution in [-0.4, -0.2) is 4.98 Å². The van der Waals surface area contributed by atoms with E-state index in [2.05, 4.69) is 4.98 Å². The van der Waals surface area contributed by atoms with Crippen LogP contribution in [-0.2, 0) is 0 Å². The second-order valence-corrected chi connectivity index (χ2v) is 4.22. The molecule has 0 saturated heterocycles. The maximum Gasteiger partial charge on any atom is 0.229 e. The van der Waals surface area contributed by atoms with Crippen LogP contribution in [0, 0.1) is 12.7 Å². The SMILES string of the molecule is Cc1ccc2nc(-c3cc(F)ccc3N)oc2c1. The van der Waals surface area contributed by atoms with Gasteiger partial charge in [0.1, 0.15) is 11.3 Å². The molecule has 0 radical (unpaired) electrons. The predicted molar refractivity (Wildman–Crippen MR) is 68.6 cm³/mol. The lowest BCUT2D eigenvalue weighted by Crippen LogP contribution is -1.90. The number of halogens is 1. The smallest absolute Gasteiger partial charge is 0.229 e. The first-order valence-corrected chi connectivity index (χ1v) is 5.56. The summed E-state index contributed by atoms with van der Waals surface area (Å²) in [5, 5.41) is 0. The molecule has 3 aromatic rings. The Morgan fingerprint density at radius 2 is 2.00 bits per heavy atom. The van der Waals surface area contributed by atoms with Crippen molar-refractivity contribution >= 4 is 16.8 Å². The van der Waals surface area contributed by atoms with E-state index in [0.717, 1.165) is 11.1 Å². The highest BCUT2D eigenvalue weighted by atomic mass is 19.1. The van der Waals surface area contributed by atoms with Crippen molar-refractivity contribution in [1.82, 2.24) is 4.98 Å². The first-order valence-electron chi connectivity index (χ1n) is 5.56. The van der Waals surface area contributed by atoms with Gasteiger partial charge < -0.3 is 10.2 Å². The number of hydrogen-bond acceptors (Lipinski definition) is 3. The highest BCUT2D eigenvalue weighted by Gasteiger charge is 2.12. The maximum atomic E-state index is 13.2. The minimum absolute atomic E-state index is 0.340. The van der Waals surface area contributed by atoms with Gasteiger partial charge in [-0.05, 0) is 42.8 Å². The van der Waals surface area contributed by atoms with Crippen LogP contribution in [0.5, 0.6) is 0 Å². The molecule has 2 N–H and O–H groups in total. The van der Waals surface area contributed by atoms with Gasteiger partial charge in [0.25, 0.3) is 0 Å². The van der Waals surface area contributed by atoms with Crippen molar-refractivity contribution in [2.75, 3.05) is 5.73 Å². The van der Waals surface area contributed by atoms with Crippen LogP contribution in [0.2, 0.25) is 0 Å². The van der Waals surface area contributed by atoms with E-state index in [0.29, 0.717) is 22.7 Å². The first kappa shape index (κ1) is 10.8. The van der Waals surface area contributed by atoms with Crippen LogP contribution in [0.25, 0.3) is 22.6 Å². The molecule has 0 aliphatic rings. The van der Waals surface area contributed by atoms with Gasteiger partial charge >= 0.3 is 0 Å². The van der Waals surface area contributed by atoms with Gasteiger partial charge in [-0.25, -0.2) is 9.37 Å². The number of aryl methyl sites for hydroxylation is 1. The molecule has 0 bridgehead atoms. The minimum Gasteiger partial charge on any atom is -0.436 e. The zero-order chi connectivity index (χ0) is 12.7. The van der Waals surface area contributed by atoms with Gasteiger partial charge in [0.2, 0.25) is 5.89 Å². The third-order valence-corrected chi connectivity index (χ3v) is 2.79. The summed E-state index contributed by atoms with van der Waals surface area (Å²) in [6.07, 6.45) is 0. The van der Waals surface area contributed by atoms with Crippen molar-refractivity contribution in [3.05, 3.63) is 47.8 Å². The molecule has 0 spiro atoms. The Hall–Kier alpha value is -2.36. The van der Waals surface area contributed by atoms with E-state index in [4.69, 9.17) is 10.2 Å². The van der Waals surface area contributed by atoms with Gasteiger partial charge in [0, 0.05) is 5.69 Å². The van der Waals surface area contributed by atoms with Gasteiger partial charge in [-0.3, -0.25) is 0 Å². The number of rotatable bonds is 1. The van der Waals surface area contributed by atoms with Crippen molar-refractivity contribution in [2.45, 2.75) is 6.92 Å². The monoisotopic (exact) mass is 242 g/mol. The van der Waals surface area contributed by atoms with Crippen molar-refractivity contribution in [3.8, 4) is 11.5 Å². The van der Waals surface area contributed by atoms with Crippen molar-refractivity contribution in [1.29, 1.82) is 0 Å². The second-order valence-electron chi connectivity index (χ2n) is 4.22. The zero-order valence-corrected chi connectivity index (χ0v) is 9.77. The zero-order valence-electron chi connectivity index (χ0n) is 9.77. The summed E-state index contributed by atoms with van der Waals surface area (Å²) < 4.78 is 18.8. The lowest BCUT2D eigenvalue weighted by Gasteiger charge is -2.00. The van der Waals surface area contributed by atoms with E-state index in [9.17, 15) is 4.39 Å². The molecule has 90 valence electrons. The van der Waals surface area contributed by atoms with Gasteiger partial charge in [0.15, 0.2) is 5.58 Å². The molecule has 1 aromatic heterocycles. The molecule has 4 heteroatoms. The van der Waals surface area contributed by atoms with E-state index in [1.807, 2.05) is 25.1 Å². The Balaban J connectivity index is 2.22. The third kappa shape index (κ3) is 1.72. The number of nitrogens with zero attached hydrogens (tertiary/aromatic N) is 1. The van der Waals surface area contributed by atoms with E-state index in [1.54, 1.807) is 0 Å². The Labute approximate surface area is 103 Å². The van der Waals surface area contributed by atoms with Crippen molar-refractivity contribution < 1.29 is 8.81 Å². The molecule has 0 fully saturated rings. The Bertz CT molecular complexity index is 734. The largest absolute Gasteiger partial charge is 0.436 e.